The number of ether oxygens (including phenoxy) is 2. The van der Waals surface area contributed by atoms with E-state index in [0.29, 0.717) is 13.2 Å². The van der Waals surface area contributed by atoms with Crippen molar-refractivity contribution in [2.45, 2.75) is 51.2 Å². The zero-order chi connectivity index (χ0) is 11.1. The molecule has 3 heteroatoms. The van der Waals surface area contributed by atoms with Gasteiger partial charge in [0.1, 0.15) is 0 Å². The molecular formula is C12H25NO2. The quantitative estimate of drug-likeness (QED) is 0.689. The maximum atomic E-state index is 6.05. The second-order valence-electron chi connectivity index (χ2n) is 4.53. The van der Waals surface area contributed by atoms with Gasteiger partial charge in [-0.2, -0.15) is 0 Å². The molecule has 0 spiro atoms. The largest absolute Gasteiger partial charge is 0.382 e. The van der Waals surface area contributed by atoms with E-state index in [1.165, 1.54) is 19.3 Å². The first-order chi connectivity index (χ1) is 7.27. The number of hydrogen-bond acceptors (Lipinski definition) is 3. The smallest absolute Gasteiger partial charge is 0.0729 e. The molecule has 15 heavy (non-hydrogen) atoms. The highest BCUT2D eigenvalue weighted by atomic mass is 16.5. The van der Waals surface area contributed by atoms with E-state index in [-0.39, 0.29) is 12.1 Å². The second kappa shape index (κ2) is 7.20. The molecular weight excluding hydrogens is 190 g/mol. The Balaban J connectivity index is 2.26. The summed E-state index contributed by atoms with van der Waals surface area (Å²) in [5.74, 6) is 0.822. The first-order valence-corrected chi connectivity index (χ1v) is 6.14. The zero-order valence-corrected chi connectivity index (χ0v) is 10.1. The lowest BCUT2D eigenvalue weighted by Crippen LogP contribution is -2.42. The highest BCUT2D eigenvalue weighted by molar-refractivity contribution is 4.83. The summed E-state index contributed by atoms with van der Waals surface area (Å²) in [6.45, 7) is 3.59. The fourth-order valence-corrected chi connectivity index (χ4v) is 2.38. The Morgan fingerprint density at radius 3 is 2.73 bits per heavy atom. The molecule has 0 aliphatic heterocycles. The van der Waals surface area contributed by atoms with Gasteiger partial charge in [-0.05, 0) is 25.2 Å². The normalized spacial score (nSPS) is 31.8. The van der Waals surface area contributed by atoms with Crippen molar-refractivity contribution in [1.29, 1.82) is 0 Å². The topological polar surface area (TPSA) is 44.5 Å². The Kier molecular flexibility index (Phi) is 6.22. The van der Waals surface area contributed by atoms with E-state index in [2.05, 4.69) is 6.92 Å². The third kappa shape index (κ3) is 4.49. The highest BCUT2D eigenvalue weighted by Crippen LogP contribution is 2.28. The van der Waals surface area contributed by atoms with Crippen LogP contribution in [0.15, 0.2) is 0 Å². The summed E-state index contributed by atoms with van der Waals surface area (Å²) in [4.78, 5) is 0. The Hall–Kier alpha value is -0.120. The van der Waals surface area contributed by atoms with Gasteiger partial charge in [0.25, 0.3) is 0 Å². The molecule has 1 aliphatic carbocycles. The molecule has 2 N–H and O–H groups in total. The third-order valence-corrected chi connectivity index (χ3v) is 3.27. The van der Waals surface area contributed by atoms with Crippen LogP contribution in [0.3, 0.4) is 0 Å². The van der Waals surface area contributed by atoms with Crippen molar-refractivity contribution in [3.63, 3.8) is 0 Å². The van der Waals surface area contributed by atoms with Crippen LogP contribution < -0.4 is 5.73 Å². The van der Waals surface area contributed by atoms with Crippen LogP contribution in [0.5, 0.6) is 0 Å². The summed E-state index contributed by atoms with van der Waals surface area (Å²) >= 11 is 0. The lowest BCUT2D eigenvalue weighted by Gasteiger charge is -2.33. The molecule has 0 aromatic rings. The maximum Gasteiger partial charge on any atom is 0.0729 e. The average molecular weight is 215 g/mol. The number of hydrogen-bond donors (Lipinski definition) is 1. The molecule has 3 atom stereocenters. The van der Waals surface area contributed by atoms with Gasteiger partial charge < -0.3 is 15.2 Å². The third-order valence-electron chi connectivity index (χ3n) is 3.27. The van der Waals surface area contributed by atoms with Gasteiger partial charge in [-0.1, -0.05) is 19.8 Å². The predicted molar refractivity (Wildman–Crippen MR) is 61.8 cm³/mol. The average Bonchev–Trinajstić information content (AvgIpc) is 2.23. The number of nitrogens with two attached hydrogens (primary N) is 1. The molecule has 3 unspecified atom stereocenters. The summed E-state index contributed by atoms with van der Waals surface area (Å²) in [7, 11) is 1.70. The Morgan fingerprint density at radius 1 is 1.27 bits per heavy atom. The molecule has 1 fully saturated rings. The standard InChI is InChI=1S/C12H25NO2/c1-3-4-10-5-6-11(13)12(9-10)15-8-7-14-2/h10-12H,3-9,13H2,1-2H3. The van der Waals surface area contributed by atoms with Crippen LogP contribution >= 0.6 is 0 Å². The Bertz CT molecular complexity index is 164. The molecule has 0 heterocycles. The minimum atomic E-state index is 0.231. The van der Waals surface area contributed by atoms with Gasteiger partial charge in [0.2, 0.25) is 0 Å². The van der Waals surface area contributed by atoms with Crippen molar-refractivity contribution in [3.8, 4) is 0 Å². The van der Waals surface area contributed by atoms with Crippen LogP contribution in [0.1, 0.15) is 39.0 Å². The SMILES string of the molecule is CCCC1CCC(N)C(OCCOC)C1. The Morgan fingerprint density at radius 2 is 2.07 bits per heavy atom. The van der Waals surface area contributed by atoms with Crippen molar-refractivity contribution in [2.75, 3.05) is 20.3 Å². The van der Waals surface area contributed by atoms with Crippen molar-refractivity contribution in [2.24, 2.45) is 11.7 Å². The van der Waals surface area contributed by atoms with E-state index < -0.39 is 0 Å². The van der Waals surface area contributed by atoms with E-state index in [9.17, 15) is 0 Å². The minimum Gasteiger partial charge on any atom is -0.382 e. The fourth-order valence-electron chi connectivity index (χ4n) is 2.38. The van der Waals surface area contributed by atoms with E-state index in [0.717, 1.165) is 18.8 Å². The molecule has 0 aromatic carbocycles. The van der Waals surface area contributed by atoms with Crippen LogP contribution in [0.2, 0.25) is 0 Å². The first-order valence-electron chi connectivity index (χ1n) is 6.14. The maximum absolute atomic E-state index is 6.05. The van der Waals surface area contributed by atoms with Gasteiger partial charge in [-0.3, -0.25) is 0 Å². The summed E-state index contributed by atoms with van der Waals surface area (Å²) in [5, 5.41) is 0. The molecule has 90 valence electrons. The van der Waals surface area contributed by atoms with Gasteiger partial charge >= 0.3 is 0 Å². The van der Waals surface area contributed by atoms with Gasteiger partial charge in [0.15, 0.2) is 0 Å². The molecule has 1 aliphatic rings. The summed E-state index contributed by atoms with van der Waals surface area (Å²) in [6, 6.07) is 0.231. The van der Waals surface area contributed by atoms with Crippen LogP contribution in [-0.4, -0.2) is 32.5 Å². The van der Waals surface area contributed by atoms with Crippen LogP contribution in [-0.2, 0) is 9.47 Å². The van der Waals surface area contributed by atoms with Crippen molar-refractivity contribution >= 4 is 0 Å². The molecule has 0 radical (unpaired) electrons. The molecule has 0 saturated heterocycles. The minimum absolute atomic E-state index is 0.231. The summed E-state index contributed by atoms with van der Waals surface area (Å²) < 4.78 is 10.7. The van der Waals surface area contributed by atoms with Crippen molar-refractivity contribution in [3.05, 3.63) is 0 Å². The first kappa shape index (κ1) is 12.9. The van der Waals surface area contributed by atoms with Crippen LogP contribution in [0, 0.1) is 5.92 Å². The van der Waals surface area contributed by atoms with E-state index in [1.807, 2.05) is 0 Å². The van der Waals surface area contributed by atoms with Gasteiger partial charge in [0, 0.05) is 13.2 Å². The van der Waals surface area contributed by atoms with Crippen molar-refractivity contribution < 1.29 is 9.47 Å². The monoisotopic (exact) mass is 215 g/mol. The second-order valence-corrected chi connectivity index (χ2v) is 4.53. The molecule has 0 aromatic heterocycles. The summed E-state index contributed by atoms with van der Waals surface area (Å²) in [5.41, 5.74) is 6.05. The lowest BCUT2D eigenvalue weighted by molar-refractivity contribution is -0.0227. The molecule has 0 bridgehead atoms. The zero-order valence-electron chi connectivity index (χ0n) is 10.1. The molecule has 3 nitrogen and oxygen atoms in total. The molecule has 1 rings (SSSR count). The van der Waals surface area contributed by atoms with Crippen LogP contribution in [0.4, 0.5) is 0 Å². The van der Waals surface area contributed by atoms with Crippen molar-refractivity contribution in [1.82, 2.24) is 0 Å². The molecule has 1 saturated carbocycles. The Labute approximate surface area is 93.3 Å². The lowest BCUT2D eigenvalue weighted by atomic mass is 9.82. The number of methoxy groups -OCH3 is 1. The van der Waals surface area contributed by atoms with Gasteiger partial charge in [0.05, 0.1) is 19.3 Å². The van der Waals surface area contributed by atoms with E-state index >= 15 is 0 Å². The predicted octanol–water partition coefficient (Wildman–Crippen LogP) is 1.95. The number of rotatable bonds is 6. The van der Waals surface area contributed by atoms with E-state index in [1.54, 1.807) is 7.11 Å². The summed E-state index contributed by atoms with van der Waals surface area (Å²) in [6.07, 6.45) is 6.37. The fraction of sp³-hybridized carbons (Fsp3) is 1.00. The van der Waals surface area contributed by atoms with E-state index in [4.69, 9.17) is 15.2 Å². The van der Waals surface area contributed by atoms with Gasteiger partial charge in [-0.25, -0.2) is 0 Å². The van der Waals surface area contributed by atoms with Gasteiger partial charge in [-0.15, -0.1) is 0 Å². The highest BCUT2D eigenvalue weighted by Gasteiger charge is 2.28. The molecule has 0 amide bonds. The van der Waals surface area contributed by atoms with Crippen LogP contribution in [0.25, 0.3) is 0 Å².